The van der Waals surface area contributed by atoms with Gasteiger partial charge in [0.15, 0.2) is 18.3 Å². The number of rotatable bonds is 6. The Morgan fingerprint density at radius 1 is 0.348 bits per heavy atom. The average Bonchev–Trinajstić information content (AvgIpc) is 4.22. The van der Waals surface area contributed by atoms with Crippen molar-refractivity contribution in [2.75, 3.05) is 4.90 Å². The second kappa shape index (κ2) is 14.8. The number of hydrogen-bond donors (Lipinski definition) is 0. The summed E-state index contributed by atoms with van der Waals surface area (Å²) in [6, 6.07) is 77.0. The molecule has 0 saturated carbocycles. The first-order valence-electron chi connectivity index (χ1n) is 23.6. The van der Waals surface area contributed by atoms with Crippen molar-refractivity contribution in [2.24, 2.45) is 0 Å². The molecule has 0 N–H and O–H groups in total. The molecule has 4 unspecified atom stereocenters. The van der Waals surface area contributed by atoms with Gasteiger partial charge in [-0.2, -0.15) is 0 Å². The van der Waals surface area contributed by atoms with Crippen molar-refractivity contribution in [3.63, 3.8) is 0 Å². The Balaban J connectivity index is 0.864. The van der Waals surface area contributed by atoms with Gasteiger partial charge in [0.25, 0.3) is 0 Å². The summed E-state index contributed by atoms with van der Waals surface area (Å²) in [5, 5.41) is 2.36. The van der Waals surface area contributed by atoms with Crippen molar-refractivity contribution in [1.29, 1.82) is 0 Å². The highest BCUT2D eigenvalue weighted by Crippen LogP contribution is 2.59. The summed E-state index contributed by atoms with van der Waals surface area (Å²) in [5.41, 5.74) is 17.2. The smallest absolute Gasteiger partial charge is 0.231 e. The third kappa shape index (κ3) is 5.87. The third-order valence-electron chi connectivity index (χ3n) is 14.5. The zero-order chi connectivity index (χ0) is 45.2. The molecule has 0 fully saturated rings. The Labute approximate surface area is 398 Å². The van der Waals surface area contributed by atoms with Crippen LogP contribution in [-0.2, 0) is 0 Å². The van der Waals surface area contributed by atoms with Crippen molar-refractivity contribution >= 4 is 33.4 Å². The lowest BCUT2D eigenvalue weighted by Gasteiger charge is -2.25. The Morgan fingerprint density at radius 2 is 0.826 bits per heavy atom. The van der Waals surface area contributed by atoms with Gasteiger partial charge in [-0.1, -0.05) is 140 Å². The summed E-state index contributed by atoms with van der Waals surface area (Å²) in [6.07, 6.45) is -0.558. The number of fused-ring (bicyclic) bond motifs is 13. The van der Waals surface area contributed by atoms with Crippen molar-refractivity contribution in [3.8, 4) is 67.7 Å². The van der Waals surface area contributed by atoms with Crippen LogP contribution in [0, 0.1) is 0 Å². The number of nitrogens with zero attached hydrogens (tertiary/aromatic N) is 4. The lowest BCUT2D eigenvalue weighted by Crippen LogP contribution is -2.22. The topological polar surface area (TPSA) is 61.6 Å². The molecular weight excluding hydrogens is 849 g/mol. The number of benzene rings is 9. The van der Waals surface area contributed by atoms with Gasteiger partial charge in [-0.15, -0.1) is 0 Å². The summed E-state index contributed by atoms with van der Waals surface area (Å²) in [4.78, 5) is 13.0. The second-order valence-corrected chi connectivity index (χ2v) is 18.3. The molecule has 0 saturated heterocycles. The number of ether oxygens (including phenoxy) is 3. The largest absolute Gasteiger partial charge is 0.483 e. The molecule has 326 valence electrons. The van der Waals surface area contributed by atoms with E-state index in [1.54, 1.807) is 0 Å². The maximum Gasteiger partial charge on any atom is 0.231 e. The predicted molar refractivity (Wildman–Crippen MR) is 272 cm³/mol. The summed E-state index contributed by atoms with van der Waals surface area (Å²) in [6.45, 7) is 0. The van der Waals surface area contributed by atoms with Crippen molar-refractivity contribution in [2.45, 2.75) is 24.4 Å². The third-order valence-corrected chi connectivity index (χ3v) is 14.5. The second-order valence-electron chi connectivity index (χ2n) is 18.3. The molecule has 0 aliphatic carbocycles. The molecule has 15 rings (SSSR count). The average molecular weight is 889 g/mol. The molecule has 0 spiro atoms. The lowest BCUT2D eigenvalue weighted by molar-refractivity contribution is 0.123. The monoisotopic (exact) mass is 888 g/mol. The van der Waals surface area contributed by atoms with Crippen molar-refractivity contribution in [3.05, 3.63) is 241 Å². The van der Waals surface area contributed by atoms with Gasteiger partial charge < -0.3 is 18.8 Å². The van der Waals surface area contributed by atoms with E-state index >= 15 is 0 Å². The van der Waals surface area contributed by atoms with Gasteiger partial charge in [0.05, 0.1) is 28.1 Å². The summed E-state index contributed by atoms with van der Waals surface area (Å²) in [7, 11) is 0. The van der Waals surface area contributed by atoms with Crippen molar-refractivity contribution in [1.82, 2.24) is 14.5 Å². The molecule has 2 aromatic heterocycles. The molecule has 69 heavy (non-hydrogen) atoms. The van der Waals surface area contributed by atoms with Crippen LogP contribution in [0.4, 0.5) is 11.6 Å². The summed E-state index contributed by atoms with van der Waals surface area (Å²) in [5.74, 6) is 3.31. The first-order valence-corrected chi connectivity index (χ1v) is 23.6. The first-order chi connectivity index (χ1) is 34.2. The van der Waals surface area contributed by atoms with Crippen LogP contribution in [0.15, 0.2) is 218 Å². The fourth-order valence-corrected chi connectivity index (χ4v) is 11.3. The predicted octanol–water partition coefficient (Wildman–Crippen LogP) is 15.1. The molecule has 7 nitrogen and oxygen atoms in total. The van der Waals surface area contributed by atoms with E-state index in [1.807, 2.05) is 30.3 Å². The SMILES string of the molecule is c1ccc(-c2cc(-c3ccccc3)nc(N3c4ccc(-c5ccc6c(c5)c5cc(-c7ccc8c(c7)C7Oc9ccccc9C7O8)ccc5n6-c5ccccc5)cc4C4Oc5ccccc5C43)n2)cc1. The minimum absolute atomic E-state index is 0.133. The van der Waals surface area contributed by atoms with Crippen LogP contribution in [0.25, 0.3) is 72.3 Å². The van der Waals surface area contributed by atoms with Crippen molar-refractivity contribution < 1.29 is 14.2 Å². The Hall–Kier alpha value is -8.94. The maximum atomic E-state index is 6.92. The van der Waals surface area contributed by atoms with Gasteiger partial charge in [-0.05, 0) is 101 Å². The van der Waals surface area contributed by atoms with E-state index in [4.69, 9.17) is 24.2 Å². The van der Waals surface area contributed by atoms with Gasteiger partial charge in [0.2, 0.25) is 5.95 Å². The number of aromatic nitrogens is 3. The van der Waals surface area contributed by atoms with Crippen LogP contribution in [0.1, 0.15) is 46.6 Å². The van der Waals surface area contributed by atoms with E-state index in [-0.39, 0.29) is 24.4 Å². The highest BCUT2D eigenvalue weighted by molar-refractivity contribution is 6.11. The molecule has 0 radical (unpaired) electrons. The lowest BCUT2D eigenvalue weighted by atomic mass is 9.96. The molecular formula is C62H40N4O3. The number of para-hydroxylation sites is 3. The zero-order valence-electron chi connectivity index (χ0n) is 37.1. The quantitative estimate of drug-likeness (QED) is 0.166. The molecule has 7 heteroatoms. The number of anilines is 2. The van der Waals surface area contributed by atoms with E-state index in [9.17, 15) is 0 Å². The molecule has 9 aromatic carbocycles. The molecule has 11 aromatic rings. The zero-order valence-corrected chi connectivity index (χ0v) is 37.1. The number of hydrogen-bond acceptors (Lipinski definition) is 6. The standard InChI is InChI=1S/C62H40N4O3/c1-4-14-37(15-5-1)50-36-51(38-16-6-2-7-17-38)64-62(63-50)66-54-30-26-41(34-48(54)59-58(66)44-20-10-12-22-55(44)67-59)39-24-28-52-46(32-39)47-33-40(25-29-53(47)65(52)43-18-8-3-9-19-43)42-27-31-57-49(35-42)61-60(69-57)45-21-11-13-23-56(45)68-61/h1-36,58-61H. The van der Waals surface area contributed by atoms with Crippen LogP contribution < -0.4 is 19.1 Å². The van der Waals surface area contributed by atoms with Gasteiger partial charge in [-0.3, -0.25) is 4.90 Å². The van der Waals surface area contributed by atoms with E-state index in [2.05, 4.69) is 198 Å². The highest BCUT2D eigenvalue weighted by Gasteiger charge is 2.49. The van der Waals surface area contributed by atoms with E-state index in [0.717, 1.165) is 107 Å². The first kappa shape index (κ1) is 38.2. The van der Waals surface area contributed by atoms with Crippen LogP contribution in [0.2, 0.25) is 0 Å². The highest BCUT2D eigenvalue weighted by atomic mass is 16.6. The van der Waals surface area contributed by atoms with Crippen LogP contribution in [0.3, 0.4) is 0 Å². The van der Waals surface area contributed by atoms with E-state index < -0.39 is 0 Å². The fourth-order valence-electron chi connectivity index (χ4n) is 11.3. The minimum Gasteiger partial charge on any atom is -0.483 e. The minimum atomic E-state index is -0.260. The molecule has 4 atom stereocenters. The molecule has 4 aliphatic rings. The van der Waals surface area contributed by atoms with E-state index in [1.165, 1.54) is 10.8 Å². The Bertz CT molecular complexity index is 3810. The fraction of sp³-hybridized carbons (Fsp3) is 0.0645. The molecule has 4 aliphatic heterocycles. The van der Waals surface area contributed by atoms with Crippen LogP contribution in [-0.4, -0.2) is 14.5 Å². The maximum absolute atomic E-state index is 6.92. The summed E-state index contributed by atoms with van der Waals surface area (Å²) >= 11 is 0. The van der Waals surface area contributed by atoms with Gasteiger partial charge in [0, 0.05) is 49.8 Å². The van der Waals surface area contributed by atoms with E-state index in [0.29, 0.717) is 5.95 Å². The Kier molecular flexibility index (Phi) is 8.18. The molecule has 0 amide bonds. The molecule has 0 bridgehead atoms. The van der Waals surface area contributed by atoms with Gasteiger partial charge in [0.1, 0.15) is 23.3 Å². The van der Waals surface area contributed by atoms with Crippen LogP contribution in [0.5, 0.6) is 17.2 Å². The van der Waals surface area contributed by atoms with Gasteiger partial charge in [-0.25, -0.2) is 9.97 Å². The van der Waals surface area contributed by atoms with Gasteiger partial charge >= 0.3 is 0 Å². The molecule has 6 heterocycles. The normalized spacial score (nSPS) is 17.9. The van der Waals surface area contributed by atoms with Crippen LogP contribution >= 0.6 is 0 Å². The summed E-state index contributed by atoms with van der Waals surface area (Å²) < 4.78 is 22.2. The Morgan fingerprint density at radius 3 is 1.48 bits per heavy atom.